The van der Waals surface area contributed by atoms with Gasteiger partial charge in [0.2, 0.25) is 0 Å². The molecule has 6 nitrogen and oxygen atoms in total. The molecule has 2 rings (SSSR count). The van der Waals surface area contributed by atoms with Crippen LogP contribution in [0.15, 0.2) is 41.3 Å². The fourth-order valence-electron chi connectivity index (χ4n) is 1.37. The average molecular weight is 240 g/mol. The van der Waals surface area contributed by atoms with E-state index in [9.17, 15) is 9.59 Å². The van der Waals surface area contributed by atoms with Crippen LogP contribution in [0.1, 0.15) is 15.9 Å². The van der Waals surface area contributed by atoms with Crippen LogP contribution in [-0.4, -0.2) is 15.9 Å². The van der Waals surface area contributed by atoms with Crippen LogP contribution >= 0.6 is 0 Å². The Hall–Kier alpha value is -2.94. The quantitative estimate of drug-likeness (QED) is 0.814. The molecule has 0 unspecified atom stereocenters. The zero-order valence-corrected chi connectivity index (χ0v) is 9.18. The molecule has 0 spiro atoms. The molecule has 88 valence electrons. The Kier molecular flexibility index (Phi) is 3.16. The van der Waals surface area contributed by atoms with Crippen molar-refractivity contribution in [2.75, 3.05) is 5.32 Å². The van der Waals surface area contributed by atoms with Crippen LogP contribution in [0, 0.1) is 11.3 Å². The van der Waals surface area contributed by atoms with Gasteiger partial charge in [0.05, 0.1) is 11.6 Å². The molecular formula is C12H8N4O2. The number of hydrogen-bond acceptors (Lipinski definition) is 4. The summed E-state index contributed by atoms with van der Waals surface area (Å²) in [6, 6.07) is 9.67. The standard InChI is InChI=1S/C12H8N4O2/c13-7-8-2-1-3-9(6-8)11(17)15-10-4-5-14-12(18)16-10/h1-6H,(H2,14,15,16,17,18). The fourth-order valence-corrected chi connectivity index (χ4v) is 1.37. The van der Waals surface area contributed by atoms with E-state index >= 15 is 0 Å². The lowest BCUT2D eigenvalue weighted by molar-refractivity contribution is 0.102. The van der Waals surface area contributed by atoms with Crippen LogP contribution in [0.2, 0.25) is 0 Å². The molecule has 0 radical (unpaired) electrons. The van der Waals surface area contributed by atoms with E-state index in [4.69, 9.17) is 5.26 Å². The normalized spacial score (nSPS) is 9.50. The molecule has 1 heterocycles. The summed E-state index contributed by atoms with van der Waals surface area (Å²) < 4.78 is 0. The summed E-state index contributed by atoms with van der Waals surface area (Å²) in [5.41, 5.74) is 0.191. The van der Waals surface area contributed by atoms with Crippen molar-refractivity contribution in [3.05, 3.63) is 58.1 Å². The number of H-pyrrole nitrogens is 1. The molecule has 1 aromatic carbocycles. The van der Waals surface area contributed by atoms with Gasteiger partial charge < -0.3 is 5.32 Å². The molecule has 0 atom stereocenters. The van der Waals surface area contributed by atoms with E-state index in [1.165, 1.54) is 18.3 Å². The zero-order chi connectivity index (χ0) is 13.0. The van der Waals surface area contributed by atoms with E-state index in [-0.39, 0.29) is 5.82 Å². The maximum Gasteiger partial charge on any atom is 0.346 e. The number of aromatic amines is 1. The van der Waals surface area contributed by atoms with Gasteiger partial charge >= 0.3 is 5.69 Å². The second-order valence-corrected chi connectivity index (χ2v) is 3.44. The molecular weight excluding hydrogens is 232 g/mol. The number of rotatable bonds is 2. The van der Waals surface area contributed by atoms with E-state index in [0.717, 1.165) is 0 Å². The van der Waals surface area contributed by atoms with Crippen LogP contribution < -0.4 is 11.0 Å². The second kappa shape index (κ2) is 4.93. The molecule has 6 heteroatoms. The number of benzene rings is 1. The maximum atomic E-state index is 11.8. The van der Waals surface area contributed by atoms with Gasteiger partial charge in [-0.25, -0.2) is 9.78 Å². The summed E-state index contributed by atoms with van der Waals surface area (Å²) in [7, 11) is 0. The molecule has 2 aromatic rings. The third kappa shape index (κ3) is 2.59. The summed E-state index contributed by atoms with van der Waals surface area (Å²) in [6.45, 7) is 0. The van der Waals surface area contributed by atoms with Gasteiger partial charge in [0.25, 0.3) is 5.91 Å². The molecule has 0 fully saturated rings. The van der Waals surface area contributed by atoms with Crippen LogP contribution in [-0.2, 0) is 0 Å². The number of nitriles is 1. The van der Waals surface area contributed by atoms with Crippen molar-refractivity contribution >= 4 is 11.7 Å². The van der Waals surface area contributed by atoms with Crippen LogP contribution in [0.25, 0.3) is 0 Å². The first-order valence-electron chi connectivity index (χ1n) is 5.06. The number of nitrogens with zero attached hydrogens (tertiary/aromatic N) is 2. The summed E-state index contributed by atoms with van der Waals surface area (Å²) >= 11 is 0. The maximum absolute atomic E-state index is 11.8. The number of carbonyl (C=O) groups excluding carboxylic acids is 1. The minimum atomic E-state index is -0.543. The Bertz CT molecular complexity index is 685. The molecule has 0 bridgehead atoms. The number of hydrogen-bond donors (Lipinski definition) is 2. The molecule has 18 heavy (non-hydrogen) atoms. The van der Waals surface area contributed by atoms with Gasteiger partial charge in [-0.3, -0.25) is 9.78 Å². The molecule has 0 aliphatic heterocycles. The third-order valence-electron chi connectivity index (χ3n) is 2.18. The van der Waals surface area contributed by atoms with E-state index in [1.807, 2.05) is 6.07 Å². The minimum absolute atomic E-state index is 0.252. The van der Waals surface area contributed by atoms with Gasteiger partial charge in [0.1, 0.15) is 5.82 Å². The van der Waals surface area contributed by atoms with Crippen molar-refractivity contribution < 1.29 is 4.79 Å². The van der Waals surface area contributed by atoms with Gasteiger partial charge in [-0.1, -0.05) is 6.07 Å². The van der Waals surface area contributed by atoms with Crippen LogP contribution in [0.3, 0.4) is 0 Å². The number of amides is 1. The molecule has 0 aliphatic carbocycles. The van der Waals surface area contributed by atoms with Gasteiger partial charge in [-0.15, -0.1) is 0 Å². The molecule has 1 amide bonds. The summed E-state index contributed by atoms with van der Waals surface area (Å²) in [6.07, 6.45) is 1.29. The van der Waals surface area contributed by atoms with Gasteiger partial charge in [0.15, 0.2) is 0 Å². The monoisotopic (exact) mass is 240 g/mol. The topological polar surface area (TPSA) is 98.6 Å². The highest BCUT2D eigenvalue weighted by Crippen LogP contribution is 2.07. The number of anilines is 1. The lowest BCUT2D eigenvalue weighted by Crippen LogP contribution is -2.17. The summed E-state index contributed by atoms with van der Waals surface area (Å²) in [5, 5.41) is 11.2. The van der Waals surface area contributed by atoms with Crippen molar-refractivity contribution in [2.24, 2.45) is 0 Å². The van der Waals surface area contributed by atoms with Crippen molar-refractivity contribution in [3.63, 3.8) is 0 Å². The predicted octanol–water partition coefficient (Wildman–Crippen LogP) is 0.894. The van der Waals surface area contributed by atoms with Gasteiger partial charge in [-0.05, 0) is 24.3 Å². The number of aromatic nitrogens is 2. The third-order valence-corrected chi connectivity index (χ3v) is 2.18. The van der Waals surface area contributed by atoms with Crippen molar-refractivity contribution in [2.45, 2.75) is 0 Å². The Labute approximate surface area is 102 Å². The van der Waals surface area contributed by atoms with Gasteiger partial charge in [-0.2, -0.15) is 5.26 Å². The first kappa shape index (κ1) is 11.5. The van der Waals surface area contributed by atoms with E-state index in [2.05, 4.69) is 15.3 Å². The number of carbonyl (C=O) groups is 1. The molecule has 0 aliphatic rings. The Morgan fingerprint density at radius 3 is 2.94 bits per heavy atom. The fraction of sp³-hybridized carbons (Fsp3) is 0. The zero-order valence-electron chi connectivity index (χ0n) is 9.18. The smallest absolute Gasteiger partial charge is 0.308 e. The Morgan fingerprint density at radius 2 is 2.22 bits per heavy atom. The minimum Gasteiger partial charge on any atom is -0.308 e. The molecule has 0 saturated carbocycles. The summed E-state index contributed by atoms with van der Waals surface area (Å²) in [5.74, 6) is -0.156. The highest BCUT2D eigenvalue weighted by molar-refractivity contribution is 6.03. The lowest BCUT2D eigenvalue weighted by atomic mass is 10.1. The van der Waals surface area contributed by atoms with Crippen molar-refractivity contribution in [1.29, 1.82) is 5.26 Å². The van der Waals surface area contributed by atoms with Gasteiger partial charge in [0, 0.05) is 11.8 Å². The number of nitrogens with one attached hydrogen (secondary N) is 2. The lowest BCUT2D eigenvalue weighted by Gasteiger charge is -2.04. The first-order valence-corrected chi connectivity index (χ1v) is 5.06. The Morgan fingerprint density at radius 1 is 1.39 bits per heavy atom. The van der Waals surface area contributed by atoms with Crippen LogP contribution in [0.5, 0.6) is 0 Å². The van der Waals surface area contributed by atoms with E-state index < -0.39 is 11.6 Å². The highest BCUT2D eigenvalue weighted by Gasteiger charge is 2.07. The molecule has 1 aromatic heterocycles. The van der Waals surface area contributed by atoms with E-state index in [1.54, 1.807) is 18.2 Å². The van der Waals surface area contributed by atoms with Crippen molar-refractivity contribution in [1.82, 2.24) is 9.97 Å². The summed E-state index contributed by atoms with van der Waals surface area (Å²) in [4.78, 5) is 28.6. The average Bonchev–Trinajstić information content (AvgIpc) is 2.39. The SMILES string of the molecule is N#Cc1cccc(C(=O)Nc2ccnc(=O)[nH]2)c1. The largest absolute Gasteiger partial charge is 0.346 e. The Balaban J connectivity index is 2.22. The molecule has 0 saturated heterocycles. The molecule has 2 N–H and O–H groups in total. The second-order valence-electron chi connectivity index (χ2n) is 3.44. The van der Waals surface area contributed by atoms with Crippen molar-refractivity contribution in [3.8, 4) is 6.07 Å². The highest BCUT2D eigenvalue weighted by atomic mass is 16.2. The predicted molar refractivity (Wildman–Crippen MR) is 64.0 cm³/mol. The van der Waals surface area contributed by atoms with Crippen LogP contribution in [0.4, 0.5) is 5.82 Å². The first-order chi connectivity index (χ1) is 8.69. The van der Waals surface area contributed by atoms with E-state index in [0.29, 0.717) is 11.1 Å².